The van der Waals surface area contributed by atoms with Crippen molar-refractivity contribution in [2.75, 3.05) is 13.7 Å². The van der Waals surface area contributed by atoms with Crippen LogP contribution in [-0.4, -0.2) is 35.8 Å². The van der Waals surface area contributed by atoms with Crippen LogP contribution < -0.4 is 9.47 Å². The van der Waals surface area contributed by atoms with E-state index < -0.39 is 12.9 Å². The Morgan fingerprint density at radius 3 is 2.80 bits per heavy atom. The Morgan fingerprint density at radius 1 is 1.32 bits per heavy atom. The lowest BCUT2D eigenvalue weighted by molar-refractivity contribution is 0.281. The van der Waals surface area contributed by atoms with Gasteiger partial charge in [0, 0.05) is 30.3 Å². The van der Waals surface area contributed by atoms with Crippen LogP contribution in [0.3, 0.4) is 0 Å². The topological polar surface area (TPSA) is 73.7 Å². The molecule has 130 valence electrons. The molecule has 0 spiro atoms. The first-order valence-electron chi connectivity index (χ1n) is 7.98. The van der Waals surface area contributed by atoms with Gasteiger partial charge in [0.1, 0.15) is 5.69 Å². The summed E-state index contributed by atoms with van der Waals surface area (Å²) < 4.78 is 30.2. The smallest absolute Gasteiger partial charge is 0.526 e. The standard InChI is InChI=1S/C17H18BFN2O4/c1-3-4-24-17-15(23-2)6-14(19)16(21-17)12-5-11(8-20-9-12)13-7-18(22)25-10-13/h5-6,8-10,22H,3-4,7H2,1-2H3. The second-order valence-electron chi connectivity index (χ2n) is 5.57. The fourth-order valence-corrected chi connectivity index (χ4v) is 2.48. The highest BCUT2D eigenvalue weighted by Gasteiger charge is 2.24. The Kier molecular flexibility index (Phi) is 5.18. The van der Waals surface area contributed by atoms with Crippen molar-refractivity contribution in [1.29, 1.82) is 0 Å². The SMILES string of the molecule is CCCOc1nc(-c2cncc(C3=COB(O)C3)c2)c(F)cc1OC. The van der Waals surface area contributed by atoms with Gasteiger partial charge in [0.05, 0.1) is 20.0 Å². The van der Waals surface area contributed by atoms with Crippen LogP contribution in [0.2, 0.25) is 6.32 Å². The molecule has 25 heavy (non-hydrogen) atoms. The average Bonchev–Trinajstić information content (AvgIpc) is 3.07. The predicted molar refractivity (Wildman–Crippen MR) is 91.6 cm³/mol. The van der Waals surface area contributed by atoms with Crippen molar-refractivity contribution in [2.45, 2.75) is 19.7 Å². The van der Waals surface area contributed by atoms with Crippen molar-refractivity contribution in [3.8, 4) is 22.9 Å². The van der Waals surface area contributed by atoms with E-state index in [1.807, 2.05) is 6.92 Å². The molecule has 3 rings (SSSR count). The minimum absolute atomic E-state index is 0.126. The number of methoxy groups -OCH3 is 1. The van der Waals surface area contributed by atoms with Gasteiger partial charge in [0.2, 0.25) is 0 Å². The molecule has 2 aromatic rings. The molecular formula is C17H18BFN2O4. The minimum atomic E-state index is -0.858. The van der Waals surface area contributed by atoms with Gasteiger partial charge in [0.15, 0.2) is 11.6 Å². The molecule has 0 aromatic carbocycles. The lowest BCUT2D eigenvalue weighted by atomic mass is 9.82. The molecule has 1 N–H and O–H groups in total. The van der Waals surface area contributed by atoms with E-state index in [9.17, 15) is 9.41 Å². The van der Waals surface area contributed by atoms with Gasteiger partial charge in [0.25, 0.3) is 5.88 Å². The highest BCUT2D eigenvalue weighted by atomic mass is 19.1. The summed E-state index contributed by atoms with van der Waals surface area (Å²) in [6.45, 7) is 2.42. The van der Waals surface area contributed by atoms with Crippen molar-refractivity contribution in [2.24, 2.45) is 0 Å². The first-order chi connectivity index (χ1) is 12.1. The number of nitrogens with zero attached hydrogens (tertiary/aromatic N) is 2. The van der Waals surface area contributed by atoms with Gasteiger partial charge in [-0.3, -0.25) is 4.98 Å². The zero-order valence-electron chi connectivity index (χ0n) is 14.0. The maximum absolute atomic E-state index is 14.5. The highest BCUT2D eigenvalue weighted by Crippen LogP contribution is 2.33. The number of pyridine rings is 2. The number of hydrogen-bond acceptors (Lipinski definition) is 6. The molecule has 3 heterocycles. The number of rotatable bonds is 6. The van der Waals surface area contributed by atoms with E-state index in [1.165, 1.54) is 25.6 Å². The number of ether oxygens (including phenoxy) is 2. The van der Waals surface area contributed by atoms with Gasteiger partial charge in [-0.15, -0.1) is 0 Å². The molecule has 0 fully saturated rings. The zero-order chi connectivity index (χ0) is 17.8. The van der Waals surface area contributed by atoms with Crippen LogP contribution in [0.15, 0.2) is 30.8 Å². The van der Waals surface area contributed by atoms with Crippen molar-refractivity contribution in [3.63, 3.8) is 0 Å². The molecule has 0 unspecified atom stereocenters. The van der Waals surface area contributed by atoms with Crippen molar-refractivity contribution >= 4 is 12.7 Å². The molecule has 0 atom stereocenters. The fraction of sp³-hybridized carbons (Fsp3) is 0.294. The first kappa shape index (κ1) is 17.2. The van der Waals surface area contributed by atoms with Crippen molar-refractivity contribution in [3.05, 3.63) is 42.2 Å². The molecule has 0 aliphatic carbocycles. The predicted octanol–water partition coefficient (Wildman–Crippen LogP) is 2.93. The highest BCUT2D eigenvalue weighted by molar-refractivity contribution is 6.47. The summed E-state index contributed by atoms with van der Waals surface area (Å²) in [5, 5.41) is 9.47. The zero-order valence-corrected chi connectivity index (χ0v) is 14.0. The third kappa shape index (κ3) is 3.74. The molecule has 0 radical (unpaired) electrons. The summed E-state index contributed by atoms with van der Waals surface area (Å²) in [6.07, 6.45) is 5.79. The second kappa shape index (κ2) is 7.52. The van der Waals surface area contributed by atoms with Crippen LogP contribution >= 0.6 is 0 Å². The number of aromatic nitrogens is 2. The molecule has 2 aromatic heterocycles. The number of hydrogen-bond donors (Lipinski definition) is 1. The first-order valence-corrected chi connectivity index (χ1v) is 7.98. The van der Waals surface area contributed by atoms with Gasteiger partial charge in [-0.25, -0.2) is 9.37 Å². The Bertz CT molecular complexity index is 800. The number of allylic oxidation sites excluding steroid dienone is 1. The average molecular weight is 344 g/mol. The summed E-state index contributed by atoms with van der Waals surface area (Å²) in [5.74, 6) is -0.0461. The van der Waals surface area contributed by atoms with E-state index >= 15 is 0 Å². The third-order valence-electron chi connectivity index (χ3n) is 3.72. The van der Waals surface area contributed by atoms with Crippen LogP contribution in [0.4, 0.5) is 4.39 Å². The third-order valence-corrected chi connectivity index (χ3v) is 3.72. The lowest BCUT2D eigenvalue weighted by Crippen LogP contribution is -2.08. The quantitative estimate of drug-likeness (QED) is 0.813. The largest absolute Gasteiger partial charge is 0.542 e. The fourth-order valence-electron chi connectivity index (χ4n) is 2.48. The molecule has 0 saturated carbocycles. The van der Waals surface area contributed by atoms with Crippen LogP contribution in [0.5, 0.6) is 11.6 Å². The summed E-state index contributed by atoms with van der Waals surface area (Å²) in [5.41, 5.74) is 2.16. The maximum Gasteiger partial charge on any atom is 0.526 e. The summed E-state index contributed by atoms with van der Waals surface area (Å²) in [7, 11) is 0.582. The van der Waals surface area contributed by atoms with E-state index in [-0.39, 0.29) is 17.3 Å². The molecule has 0 amide bonds. The van der Waals surface area contributed by atoms with Crippen LogP contribution in [0.25, 0.3) is 16.8 Å². The van der Waals surface area contributed by atoms with E-state index in [0.29, 0.717) is 18.5 Å². The molecule has 1 aliphatic rings. The van der Waals surface area contributed by atoms with E-state index in [1.54, 1.807) is 12.3 Å². The van der Waals surface area contributed by atoms with E-state index in [4.69, 9.17) is 14.1 Å². The molecule has 0 saturated heterocycles. The lowest BCUT2D eigenvalue weighted by Gasteiger charge is -2.12. The molecule has 8 heteroatoms. The molecule has 6 nitrogen and oxygen atoms in total. The van der Waals surface area contributed by atoms with E-state index in [0.717, 1.165) is 17.6 Å². The summed E-state index contributed by atoms with van der Waals surface area (Å²) in [6, 6.07) is 3.00. The Hall–Kier alpha value is -2.61. The Balaban J connectivity index is 1.98. The van der Waals surface area contributed by atoms with Crippen molar-refractivity contribution in [1.82, 2.24) is 9.97 Å². The molecule has 0 bridgehead atoms. The Morgan fingerprint density at radius 2 is 2.12 bits per heavy atom. The van der Waals surface area contributed by atoms with Crippen LogP contribution in [0.1, 0.15) is 18.9 Å². The van der Waals surface area contributed by atoms with Gasteiger partial charge in [-0.05, 0) is 23.6 Å². The van der Waals surface area contributed by atoms with Crippen LogP contribution in [-0.2, 0) is 4.65 Å². The summed E-state index contributed by atoms with van der Waals surface area (Å²) >= 11 is 0. The Labute approximate surface area is 145 Å². The minimum Gasteiger partial charge on any atom is -0.542 e. The van der Waals surface area contributed by atoms with E-state index in [2.05, 4.69) is 9.97 Å². The van der Waals surface area contributed by atoms with Gasteiger partial charge in [-0.1, -0.05) is 6.92 Å². The monoisotopic (exact) mass is 344 g/mol. The van der Waals surface area contributed by atoms with Gasteiger partial charge < -0.3 is 19.2 Å². The number of halogens is 1. The maximum atomic E-state index is 14.5. The molecule has 1 aliphatic heterocycles. The normalized spacial score (nSPS) is 13.4. The van der Waals surface area contributed by atoms with Gasteiger partial charge in [-0.2, -0.15) is 0 Å². The summed E-state index contributed by atoms with van der Waals surface area (Å²) in [4.78, 5) is 8.42. The van der Waals surface area contributed by atoms with Gasteiger partial charge >= 0.3 is 7.12 Å². The second-order valence-corrected chi connectivity index (χ2v) is 5.57. The van der Waals surface area contributed by atoms with Crippen LogP contribution in [0, 0.1) is 5.82 Å². The van der Waals surface area contributed by atoms with Crippen molar-refractivity contribution < 1.29 is 23.5 Å². The molecular weight excluding hydrogens is 326 g/mol.